The molecule has 0 saturated heterocycles. The summed E-state index contributed by atoms with van der Waals surface area (Å²) in [7, 11) is 0. The average molecular weight is 330 g/mol. The highest BCUT2D eigenvalue weighted by atomic mass is 79.9. The molecule has 2 rings (SSSR count). The van der Waals surface area contributed by atoms with Gasteiger partial charge in [-0.1, -0.05) is 15.9 Å². The van der Waals surface area contributed by atoms with E-state index in [0.29, 0.717) is 0 Å². The Morgan fingerprint density at radius 2 is 1.84 bits per heavy atom. The van der Waals surface area contributed by atoms with Gasteiger partial charge in [-0.15, -0.1) is 0 Å². The summed E-state index contributed by atoms with van der Waals surface area (Å²) in [4.78, 5) is 22.4. The molecule has 0 radical (unpaired) electrons. The van der Waals surface area contributed by atoms with Gasteiger partial charge < -0.3 is 9.73 Å². The molecule has 98 valence electrons. The van der Waals surface area contributed by atoms with Crippen LogP contribution in [0.25, 0.3) is 0 Å². The molecule has 7 heteroatoms. The Morgan fingerprint density at radius 1 is 1.21 bits per heavy atom. The molecule has 0 bridgehead atoms. The van der Waals surface area contributed by atoms with Gasteiger partial charge in [-0.25, -0.2) is 13.6 Å². The highest BCUT2D eigenvalue weighted by Gasteiger charge is 2.15. The fourth-order valence-electron chi connectivity index (χ4n) is 1.33. The molecule has 0 aliphatic carbocycles. The molecule has 0 aliphatic rings. The van der Waals surface area contributed by atoms with Crippen LogP contribution in [0.2, 0.25) is 0 Å². The van der Waals surface area contributed by atoms with E-state index in [2.05, 4.69) is 25.7 Å². The van der Waals surface area contributed by atoms with Crippen molar-refractivity contribution in [1.29, 1.82) is 0 Å². The van der Waals surface area contributed by atoms with Gasteiger partial charge in [0.15, 0.2) is 11.6 Å². The Bertz CT molecular complexity index is 656. The predicted molar refractivity (Wildman–Crippen MR) is 67.0 cm³/mol. The average Bonchev–Trinajstić information content (AvgIpc) is 2.34. The van der Waals surface area contributed by atoms with Crippen LogP contribution in [0.15, 0.2) is 44.2 Å². The zero-order valence-electron chi connectivity index (χ0n) is 9.25. The van der Waals surface area contributed by atoms with Gasteiger partial charge in [-0.2, -0.15) is 0 Å². The minimum atomic E-state index is -0.919. The normalized spacial score (nSPS) is 10.3. The molecule has 1 heterocycles. The summed E-state index contributed by atoms with van der Waals surface area (Å²) < 4.78 is 31.7. The van der Waals surface area contributed by atoms with Gasteiger partial charge >= 0.3 is 5.63 Å². The number of halogens is 3. The largest absolute Gasteiger partial charge is 0.430 e. The molecule has 0 saturated carbocycles. The second kappa shape index (κ2) is 5.31. The third-order valence-corrected chi connectivity index (χ3v) is 2.67. The molecular weight excluding hydrogens is 324 g/mol. The van der Waals surface area contributed by atoms with Crippen molar-refractivity contribution in [3.8, 4) is 0 Å². The van der Waals surface area contributed by atoms with Gasteiger partial charge in [0.2, 0.25) is 0 Å². The van der Waals surface area contributed by atoms with Crippen LogP contribution in [0.4, 0.5) is 14.5 Å². The zero-order chi connectivity index (χ0) is 14.0. The van der Waals surface area contributed by atoms with Gasteiger partial charge in [0.25, 0.3) is 5.91 Å². The lowest BCUT2D eigenvalue weighted by Gasteiger charge is -2.07. The number of hydrogen-bond donors (Lipinski definition) is 1. The number of carbonyl (C=O) groups excluding carboxylic acids is 1. The maximum Gasteiger partial charge on any atom is 0.335 e. The van der Waals surface area contributed by atoms with Crippen LogP contribution >= 0.6 is 15.9 Å². The van der Waals surface area contributed by atoms with Crippen LogP contribution < -0.4 is 10.9 Å². The van der Waals surface area contributed by atoms with E-state index in [4.69, 9.17) is 0 Å². The van der Waals surface area contributed by atoms with Gasteiger partial charge in [0.05, 0.1) is 5.56 Å². The highest BCUT2D eigenvalue weighted by Crippen LogP contribution is 2.24. The maximum absolute atomic E-state index is 13.5. The number of rotatable bonds is 2. The van der Waals surface area contributed by atoms with E-state index in [1.165, 1.54) is 6.07 Å². The molecule has 2 aromatic rings. The van der Waals surface area contributed by atoms with Crippen LogP contribution in [0.1, 0.15) is 10.4 Å². The molecule has 1 amide bonds. The van der Waals surface area contributed by atoms with Crippen molar-refractivity contribution in [2.45, 2.75) is 0 Å². The fourth-order valence-corrected chi connectivity index (χ4v) is 1.74. The molecule has 0 fully saturated rings. The van der Waals surface area contributed by atoms with E-state index in [-0.39, 0.29) is 10.0 Å². The first-order chi connectivity index (χ1) is 8.97. The smallest absolute Gasteiger partial charge is 0.335 e. The second-order valence-electron chi connectivity index (χ2n) is 3.54. The first-order valence-electron chi connectivity index (χ1n) is 5.02. The van der Waals surface area contributed by atoms with Crippen molar-refractivity contribution >= 4 is 27.5 Å². The van der Waals surface area contributed by atoms with Crippen molar-refractivity contribution in [1.82, 2.24) is 0 Å². The quantitative estimate of drug-likeness (QED) is 0.921. The number of carbonyl (C=O) groups is 1. The summed E-state index contributed by atoms with van der Waals surface area (Å²) in [5.74, 6) is -2.63. The van der Waals surface area contributed by atoms with Crippen molar-refractivity contribution in [3.05, 3.63) is 62.6 Å². The summed E-state index contributed by atoms with van der Waals surface area (Å²) in [6.45, 7) is 0. The highest BCUT2D eigenvalue weighted by molar-refractivity contribution is 9.10. The lowest BCUT2D eigenvalue weighted by atomic mass is 10.2. The van der Waals surface area contributed by atoms with Gasteiger partial charge in [0.1, 0.15) is 12.0 Å². The first-order valence-corrected chi connectivity index (χ1v) is 5.81. The molecule has 0 aliphatic heterocycles. The van der Waals surface area contributed by atoms with Crippen LogP contribution in [0, 0.1) is 11.6 Å². The zero-order valence-corrected chi connectivity index (χ0v) is 10.8. The number of amides is 1. The van der Waals surface area contributed by atoms with E-state index in [1.807, 2.05) is 0 Å². The van der Waals surface area contributed by atoms with Crippen LogP contribution in [-0.4, -0.2) is 5.91 Å². The summed E-state index contributed by atoms with van der Waals surface area (Å²) in [5.41, 5.74) is -1.22. The predicted octanol–water partition coefficient (Wildman–Crippen LogP) is 2.93. The SMILES string of the molecule is O=C(Nc1c(F)cc(Br)cc1F)c1ccc(=O)oc1. The third-order valence-electron chi connectivity index (χ3n) is 2.21. The summed E-state index contributed by atoms with van der Waals surface area (Å²) >= 11 is 2.92. The maximum atomic E-state index is 13.5. The third kappa shape index (κ3) is 3.05. The van der Waals surface area contributed by atoms with Gasteiger partial charge in [0, 0.05) is 10.5 Å². The summed E-state index contributed by atoms with van der Waals surface area (Å²) in [6.07, 6.45) is 0.909. The second-order valence-corrected chi connectivity index (χ2v) is 4.46. The van der Waals surface area contributed by atoms with Gasteiger partial charge in [-0.3, -0.25) is 4.79 Å². The number of nitrogens with one attached hydrogen (secondary N) is 1. The van der Waals surface area contributed by atoms with Crippen LogP contribution in [0.5, 0.6) is 0 Å². The lowest BCUT2D eigenvalue weighted by molar-refractivity contribution is 0.102. The van der Waals surface area contributed by atoms with Crippen molar-refractivity contribution < 1.29 is 18.0 Å². The molecule has 0 atom stereocenters. The lowest BCUT2D eigenvalue weighted by Crippen LogP contribution is -2.15. The Balaban J connectivity index is 2.29. The molecule has 0 unspecified atom stereocenters. The van der Waals surface area contributed by atoms with E-state index in [1.54, 1.807) is 0 Å². The van der Waals surface area contributed by atoms with Crippen molar-refractivity contribution in [2.75, 3.05) is 5.32 Å². The summed E-state index contributed by atoms with van der Waals surface area (Å²) in [6, 6.07) is 4.26. The van der Waals surface area contributed by atoms with Gasteiger partial charge in [-0.05, 0) is 18.2 Å². The van der Waals surface area contributed by atoms with Crippen LogP contribution in [0.3, 0.4) is 0 Å². The standard InChI is InChI=1S/C12H6BrF2NO3/c13-7-3-8(14)11(9(15)4-7)16-12(18)6-1-2-10(17)19-5-6/h1-5H,(H,16,18). The van der Waals surface area contributed by atoms with Crippen LogP contribution in [-0.2, 0) is 0 Å². The molecular formula is C12H6BrF2NO3. The number of benzene rings is 1. The molecule has 1 aromatic heterocycles. The minimum absolute atomic E-state index is 0.0266. The molecule has 0 spiro atoms. The Morgan fingerprint density at radius 3 is 2.37 bits per heavy atom. The Labute approximate surface area is 114 Å². The topological polar surface area (TPSA) is 59.3 Å². The summed E-state index contributed by atoms with van der Waals surface area (Å²) in [5, 5.41) is 2.07. The van der Waals surface area contributed by atoms with E-state index in [9.17, 15) is 18.4 Å². The molecule has 1 aromatic carbocycles. The fraction of sp³-hybridized carbons (Fsp3) is 0. The minimum Gasteiger partial charge on any atom is -0.430 e. The Hall–Kier alpha value is -2.02. The Kier molecular flexibility index (Phi) is 3.75. The molecule has 1 N–H and O–H groups in total. The first kappa shape index (κ1) is 13.4. The van der Waals surface area contributed by atoms with Crippen molar-refractivity contribution in [2.24, 2.45) is 0 Å². The monoisotopic (exact) mass is 329 g/mol. The number of anilines is 1. The van der Waals surface area contributed by atoms with E-state index < -0.39 is 28.9 Å². The molecule has 4 nitrogen and oxygen atoms in total. The molecule has 19 heavy (non-hydrogen) atoms. The van der Waals surface area contributed by atoms with Crippen molar-refractivity contribution in [3.63, 3.8) is 0 Å². The van der Waals surface area contributed by atoms with E-state index in [0.717, 1.165) is 24.5 Å². The number of hydrogen-bond acceptors (Lipinski definition) is 3. The van der Waals surface area contributed by atoms with E-state index >= 15 is 0 Å².